The van der Waals surface area contributed by atoms with E-state index in [2.05, 4.69) is 58.7 Å². The molecule has 130 valence electrons. The van der Waals surface area contributed by atoms with Crippen LogP contribution in [0.3, 0.4) is 0 Å². The number of aromatic nitrogens is 3. The fraction of sp³-hybridized carbons (Fsp3) is 0.318. The second-order valence-corrected chi connectivity index (χ2v) is 7.67. The SMILES string of the molecule is CC1=C2c3ccc4n[nH]nc4c3CC2(C(C)c2ccccc2)CCC1=O. The first kappa shape index (κ1) is 15.5. The first-order valence-electron chi connectivity index (χ1n) is 9.24. The molecular weight excluding hydrogens is 322 g/mol. The second-order valence-electron chi connectivity index (χ2n) is 7.67. The minimum absolute atomic E-state index is 0.0467. The summed E-state index contributed by atoms with van der Waals surface area (Å²) in [4.78, 5) is 12.6. The van der Waals surface area contributed by atoms with Crippen molar-refractivity contribution in [2.75, 3.05) is 0 Å². The monoisotopic (exact) mass is 343 g/mol. The maximum Gasteiger partial charge on any atom is 0.158 e. The molecule has 0 fully saturated rings. The van der Waals surface area contributed by atoms with Crippen LogP contribution in [0.5, 0.6) is 0 Å². The van der Waals surface area contributed by atoms with Crippen LogP contribution in [-0.4, -0.2) is 21.2 Å². The van der Waals surface area contributed by atoms with Gasteiger partial charge in [-0.1, -0.05) is 43.3 Å². The van der Waals surface area contributed by atoms with Gasteiger partial charge in [-0.05, 0) is 59.6 Å². The van der Waals surface area contributed by atoms with Gasteiger partial charge in [0, 0.05) is 11.8 Å². The molecule has 0 spiro atoms. The van der Waals surface area contributed by atoms with Crippen LogP contribution in [-0.2, 0) is 11.2 Å². The number of ketones is 1. The molecule has 0 bridgehead atoms. The number of carbonyl (C=O) groups is 1. The molecule has 0 radical (unpaired) electrons. The molecule has 5 rings (SSSR count). The fourth-order valence-corrected chi connectivity index (χ4v) is 5.15. The van der Waals surface area contributed by atoms with Gasteiger partial charge in [-0.25, -0.2) is 0 Å². The van der Waals surface area contributed by atoms with E-state index in [0.29, 0.717) is 12.3 Å². The number of allylic oxidation sites excluding steroid dienone is 2. The summed E-state index contributed by atoms with van der Waals surface area (Å²) < 4.78 is 0. The molecule has 2 atom stereocenters. The van der Waals surface area contributed by atoms with E-state index in [1.807, 2.05) is 13.0 Å². The Morgan fingerprint density at radius 2 is 1.92 bits per heavy atom. The summed E-state index contributed by atoms with van der Waals surface area (Å²) in [5, 5.41) is 11.4. The molecular formula is C22H21N3O. The van der Waals surface area contributed by atoms with Gasteiger partial charge in [-0.3, -0.25) is 4.79 Å². The lowest BCUT2D eigenvalue weighted by Crippen LogP contribution is -2.33. The van der Waals surface area contributed by atoms with Crippen molar-refractivity contribution < 1.29 is 4.79 Å². The van der Waals surface area contributed by atoms with E-state index in [4.69, 9.17) is 0 Å². The predicted molar refractivity (Wildman–Crippen MR) is 102 cm³/mol. The van der Waals surface area contributed by atoms with Crippen molar-refractivity contribution >= 4 is 22.4 Å². The molecule has 26 heavy (non-hydrogen) atoms. The fourth-order valence-electron chi connectivity index (χ4n) is 5.15. The molecule has 0 aliphatic heterocycles. The molecule has 2 aliphatic rings. The van der Waals surface area contributed by atoms with Gasteiger partial charge in [0.15, 0.2) is 5.78 Å². The van der Waals surface area contributed by atoms with Crippen molar-refractivity contribution in [1.29, 1.82) is 0 Å². The molecule has 4 nitrogen and oxygen atoms in total. The summed E-state index contributed by atoms with van der Waals surface area (Å²) >= 11 is 0. The van der Waals surface area contributed by atoms with E-state index in [1.54, 1.807) is 0 Å². The van der Waals surface area contributed by atoms with Crippen molar-refractivity contribution in [3.63, 3.8) is 0 Å². The highest BCUT2D eigenvalue weighted by molar-refractivity contribution is 6.07. The summed E-state index contributed by atoms with van der Waals surface area (Å²) in [5.74, 6) is 0.611. The van der Waals surface area contributed by atoms with Crippen LogP contribution in [0.4, 0.5) is 0 Å². The number of nitrogens with one attached hydrogen (secondary N) is 1. The van der Waals surface area contributed by atoms with Crippen LogP contribution >= 0.6 is 0 Å². The molecule has 0 amide bonds. The molecule has 1 aromatic heterocycles. The van der Waals surface area contributed by atoms with Crippen LogP contribution in [0, 0.1) is 5.41 Å². The summed E-state index contributed by atoms with van der Waals surface area (Å²) in [6, 6.07) is 14.8. The third kappa shape index (κ3) is 1.93. The lowest BCUT2D eigenvalue weighted by molar-refractivity contribution is -0.116. The molecule has 4 heteroatoms. The van der Waals surface area contributed by atoms with Crippen molar-refractivity contribution in [3.8, 4) is 0 Å². The van der Waals surface area contributed by atoms with Crippen LogP contribution in [0.2, 0.25) is 0 Å². The molecule has 3 aromatic rings. The zero-order chi connectivity index (χ0) is 17.9. The Morgan fingerprint density at radius 1 is 1.12 bits per heavy atom. The summed E-state index contributed by atoms with van der Waals surface area (Å²) in [6.45, 7) is 4.32. The van der Waals surface area contributed by atoms with Gasteiger partial charge in [0.25, 0.3) is 0 Å². The maximum atomic E-state index is 12.6. The highest BCUT2D eigenvalue weighted by Gasteiger charge is 2.50. The Balaban J connectivity index is 1.78. The topological polar surface area (TPSA) is 58.6 Å². The summed E-state index contributed by atoms with van der Waals surface area (Å²) in [7, 11) is 0. The van der Waals surface area contributed by atoms with Crippen molar-refractivity contribution in [1.82, 2.24) is 15.4 Å². The highest BCUT2D eigenvalue weighted by atomic mass is 16.1. The van der Waals surface area contributed by atoms with Crippen molar-refractivity contribution in [3.05, 3.63) is 64.7 Å². The predicted octanol–water partition coefficient (Wildman–Crippen LogP) is 4.44. The van der Waals surface area contributed by atoms with Crippen molar-refractivity contribution in [2.24, 2.45) is 5.41 Å². The number of hydrogen-bond acceptors (Lipinski definition) is 3. The van der Waals surface area contributed by atoms with Crippen molar-refractivity contribution in [2.45, 2.75) is 39.0 Å². The lowest BCUT2D eigenvalue weighted by Gasteiger charge is -2.41. The Bertz CT molecular complexity index is 1060. The number of Topliss-reactive ketones (excluding diaryl/α,β-unsaturated/α-hetero) is 1. The molecule has 2 aliphatic carbocycles. The molecule has 2 aromatic carbocycles. The van der Waals surface area contributed by atoms with E-state index in [9.17, 15) is 4.79 Å². The van der Waals surface area contributed by atoms with Gasteiger partial charge in [0.05, 0.1) is 0 Å². The van der Waals surface area contributed by atoms with Gasteiger partial charge in [-0.2, -0.15) is 15.4 Å². The molecule has 1 heterocycles. The van der Waals surface area contributed by atoms with Gasteiger partial charge < -0.3 is 0 Å². The van der Waals surface area contributed by atoms with Crippen LogP contribution in [0.15, 0.2) is 48.0 Å². The number of carbonyl (C=O) groups excluding carboxylic acids is 1. The summed E-state index contributed by atoms with van der Waals surface area (Å²) in [6.07, 6.45) is 2.44. The van der Waals surface area contributed by atoms with Gasteiger partial charge in [0.1, 0.15) is 11.0 Å². The average Bonchev–Trinajstić information content (AvgIpc) is 3.27. The Labute approximate surface area is 152 Å². The smallest absolute Gasteiger partial charge is 0.158 e. The Morgan fingerprint density at radius 3 is 2.73 bits per heavy atom. The largest absolute Gasteiger partial charge is 0.295 e. The Hall–Kier alpha value is -2.75. The molecule has 0 saturated carbocycles. The normalized spacial score (nSPS) is 23.2. The third-order valence-corrected chi connectivity index (χ3v) is 6.57. The molecule has 1 N–H and O–H groups in total. The quantitative estimate of drug-likeness (QED) is 0.748. The number of H-pyrrole nitrogens is 1. The van der Waals surface area contributed by atoms with E-state index < -0.39 is 0 Å². The Kier molecular flexibility index (Phi) is 3.20. The molecule has 2 unspecified atom stereocenters. The van der Waals surface area contributed by atoms with E-state index in [-0.39, 0.29) is 11.2 Å². The van der Waals surface area contributed by atoms with Gasteiger partial charge >= 0.3 is 0 Å². The average molecular weight is 343 g/mol. The first-order valence-corrected chi connectivity index (χ1v) is 9.24. The summed E-state index contributed by atoms with van der Waals surface area (Å²) in [5.41, 5.74) is 7.73. The van der Waals surface area contributed by atoms with E-state index in [0.717, 1.165) is 29.4 Å². The number of benzene rings is 2. The van der Waals surface area contributed by atoms with E-state index >= 15 is 0 Å². The first-order chi connectivity index (χ1) is 12.6. The number of nitrogens with zero attached hydrogens (tertiary/aromatic N) is 2. The number of fused-ring (bicyclic) bond motifs is 5. The zero-order valence-electron chi connectivity index (χ0n) is 15.0. The van der Waals surface area contributed by atoms with Crippen LogP contribution in [0.25, 0.3) is 16.6 Å². The molecule has 0 saturated heterocycles. The second kappa shape index (κ2) is 5.37. The maximum absolute atomic E-state index is 12.6. The van der Waals surface area contributed by atoms with Gasteiger partial charge in [0.2, 0.25) is 0 Å². The highest BCUT2D eigenvalue weighted by Crippen LogP contribution is 2.60. The third-order valence-electron chi connectivity index (χ3n) is 6.57. The number of rotatable bonds is 2. The van der Waals surface area contributed by atoms with Gasteiger partial charge in [-0.15, -0.1) is 0 Å². The number of hydrogen-bond donors (Lipinski definition) is 1. The minimum Gasteiger partial charge on any atom is -0.295 e. The standard InChI is InChI=1S/C22H21N3O/c1-13-19(26)10-11-22(14(2)15-6-4-3-5-7-15)12-17-16(20(13)22)8-9-18-21(17)24-25-23-18/h3-9,14H,10-12H2,1-2H3,(H,23,24,25). The zero-order valence-corrected chi connectivity index (χ0v) is 15.0. The van der Waals surface area contributed by atoms with E-state index in [1.165, 1.54) is 22.3 Å². The number of aromatic amines is 1. The minimum atomic E-state index is -0.0467. The van der Waals surface area contributed by atoms with Crippen LogP contribution in [0.1, 0.15) is 49.3 Å². The lowest BCUT2D eigenvalue weighted by atomic mass is 9.61. The van der Waals surface area contributed by atoms with Crippen LogP contribution < -0.4 is 0 Å².